The number of hydrogen-bond donors (Lipinski definition) is 0. The summed E-state index contributed by atoms with van der Waals surface area (Å²) in [6, 6.07) is 5.74. The van der Waals surface area contributed by atoms with Crippen molar-refractivity contribution in [1.29, 1.82) is 0 Å². The molecule has 1 heterocycles. The first kappa shape index (κ1) is 13.0. The van der Waals surface area contributed by atoms with Crippen LogP contribution in [0, 0.1) is 0 Å². The lowest BCUT2D eigenvalue weighted by Crippen LogP contribution is -2.04. The number of aromatic nitrogens is 2. The maximum Gasteiger partial charge on any atom is 0.416 e. The average molecular weight is 268 g/mol. The summed E-state index contributed by atoms with van der Waals surface area (Å²) in [6.07, 6.45) is -3.04. The van der Waals surface area contributed by atoms with Gasteiger partial charge >= 0.3 is 6.18 Å². The van der Waals surface area contributed by atoms with Crippen LogP contribution in [0.5, 0.6) is 5.88 Å². The largest absolute Gasteiger partial charge is 0.416 e. The van der Waals surface area contributed by atoms with E-state index in [1.807, 2.05) is 0 Å². The number of carbonyl (C=O) groups is 1. The fourth-order valence-corrected chi connectivity index (χ4v) is 1.40. The molecule has 0 aliphatic carbocycles. The van der Waals surface area contributed by atoms with Crippen molar-refractivity contribution in [3.63, 3.8) is 0 Å². The first-order chi connectivity index (χ1) is 9.00. The Morgan fingerprint density at radius 2 is 1.79 bits per heavy atom. The zero-order chi connectivity index (χ0) is 13.9. The molecule has 0 amide bonds. The molecule has 19 heavy (non-hydrogen) atoms. The highest BCUT2D eigenvalue weighted by atomic mass is 19.4. The van der Waals surface area contributed by atoms with Crippen LogP contribution in [-0.2, 0) is 11.0 Å². The number of alkyl halides is 3. The number of ether oxygens (including phenoxy) is 1. The van der Waals surface area contributed by atoms with Crippen LogP contribution in [0.1, 0.15) is 5.56 Å². The molecule has 98 valence electrons. The minimum Gasteiger partial charge on any atom is -0.410 e. The van der Waals surface area contributed by atoms with E-state index in [2.05, 4.69) is 14.7 Å². The molecule has 1 aromatic heterocycles. The van der Waals surface area contributed by atoms with Gasteiger partial charge in [0.1, 0.15) is 0 Å². The fourth-order valence-electron chi connectivity index (χ4n) is 1.40. The molecular formula is C12H7F3N2O2. The van der Waals surface area contributed by atoms with Gasteiger partial charge in [0.05, 0.1) is 5.56 Å². The summed E-state index contributed by atoms with van der Waals surface area (Å²) < 4.78 is 41.7. The summed E-state index contributed by atoms with van der Waals surface area (Å²) in [6.45, 7) is 0.207. The van der Waals surface area contributed by atoms with E-state index >= 15 is 0 Å². The Bertz CT molecular complexity index is 582. The quantitative estimate of drug-likeness (QED) is 0.803. The number of rotatable bonds is 3. The highest BCUT2D eigenvalue weighted by molar-refractivity contribution is 5.56. The Morgan fingerprint density at radius 1 is 1.11 bits per heavy atom. The molecule has 1 aromatic carbocycles. The van der Waals surface area contributed by atoms with E-state index in [0.717, 1.165) is 12.1 Å². The van der Waals surface area contributed by atoms with Crippen LogP contribution in [0.25, 0.3) is 11.4 Å². The molecule has 2 rings (SSSR count). The SMILES string of the molecule is O=COc1ccnc(-c2ccc(C(F)(F)F)cc2)n1. The van der Waals surface area contributed by atoms with Crippen LogP contribution in [0.3, 0.4) is 0 Å². The molecule has 0 bridgehead atoms. The van der Waals surface area contributed by atoms with Crippen molar-refractivity contribution in [3.8, 4) is 17.3 Å². The van der Waals surface area contributed by atoms with Gasteiger partial charge in [-0.3, -0.25) is 4.79 Å². The standard InChI is InChI=1S/C12H7F3N2O2/c13-12(14,15)9-3-1-8(2-4-9)11-16-6-5-10(17-11)19-7-18/h1-7H. The Labute approximate surface area is 105 Å². The molecule has 0 atom stereocenters. The van der Waals surface area contributed by atoms with Crippen LogP contribution in [0.15, 0.2) is 36.5 Å². The van der Waals surface area contributed by atoms with Crippen molar-refractivity contribution in [2.45, 2.75) is 6.18 Å². The third kappa shape index (κ3) is 3.06. The van der Waals surface area contributed by atoms with Gasteiger partial charge in [-0.2, -0.15) is 18.2 Å². The van der Waals surface area contributed by atoms with Crippen molar-refractivity contribution in [2.24, 2.45) is 0 Å². The van der Waals surface area contributed by atoms with Gasteiger partial charge in [0.25, 0.3) is 6.47 Å². The highest BCUT2D eigenvalue weighted by Crippen LogP contribution is 2.30. The monoisotopic (exact) mass is 268 g/mol. The van der Waals surface area contributed by atoms with Crippen molar-refractivity contribution in [3.05, 3.63) is 42.1 Å². The van der Waals surface area contributed by atoms with E-state index in [4.69, 9.17) is 0 Å². The third-order valence-electron chi connectivity index (χ3n) is 2.27. The predicted molar refractivity (Wildman–Crippen MR) is 59.2 cm³/mol. The predicted octanol–water partition coefficient (Wildman–Crippen LogP) is 2.70. The molecule has 7 heteroatoms. The summed E-state index contributed by atoms with van der Waals surface area (Å²) >= 11 is 0. The molecule has 0 saturated carbocycles. The normalized spacial score (nSPS) is 11.1. The second kappa shape index (κ2) is 5.05. The number of carbonyl (C=O) groups excluding carboxylic acids is 1. The maximum absolute atomic E-state index is 12.4. The molecule has 2 aromatic rings. The van der Waals surface area contributed by atoms with Gasteiger partial charge in [-0.25, -0.2) is 4.98 Å². The molecule has 0 N–H and O–H groups in total. The third-order valence-corrected chi connectivity index (χ3v) is 2.27. The Hall–Kier alpha value is -2.44. The molecule has 4 nitrogen and oxygen atoms in total. The molecule has 0 radical (unpaired) electrons. The smallest absolute Gasteiger partial charge is 0.410 e. The summed E-state index contributed by atoms with van der Waals surface area (Å²) in [4.78, 5) is 17.9. The zero-order valence-corrected chi connectivity index (χ0v) is 9.39. The van der Waals surface area contributed by atoms with Crippen LogP contribution < -0.4 is 4.74 Å². The van der Waals surface area contributed by atoms with Gasteiger partial charge in [-0.1, -0.05) is 12.1 Å². The Balaban J connectivity index is 2.32. The van der Waals surface area contributed by atoms with Gasteiger partial charge < -0.3 is 4.74 Å². The van der Waals surface area contributed by atoms with E-state index in [-0.39, 0.29) is 18.2 Å². The van der Waals surface area contributed by atoms with Gasteiger partial charge in [-0.15, -0.1) is 0 Å². The van der Waals surface area contributed by atoms with E-state index < -0.39 is 11.7 Å². The first-order valence-electron chi connectivity index (χ1n) is 5.11. The lowest BCUT2D eigenvalue weighted by Gasteiger charge is -2.07. The second-order valence-electron chi connectivity index (χ2n) is 3.51. The van der Waals surface area contributed by atoms with Crippen molar-refractivity contribution in [2.75, 3.05) is 0 Å². The summed E-state index contributed by atoms with van der Waals surface area (Å²) in [5.41, 5.74) is -0.360. The lowest BCUT2D eigenvalue weighted by molar-refractivity contribution is -0.137. The molecule has 0 saturated heterocycles. The maximum atomic E-state index is 12.4. The van der Waals surface area contributed by atoms with Gasteiger partial charge in [-0.05, 0) is 12.1 Å². The van der Waals surface area contributed by atoms with E-state index in [0.29, 0.717) is 5.56 Å². The molecule has 0 aliphatic rings. The number of hydrogen-bond acceptors (Lipinski definition) is 4. The second-order valence-corrected chi connectivity index (χ2v) is 3.51. The van der Waals surface area contributed by atoms with Gasteiger partial charge in [0.2, 0.25) is 5.88 Å². The highest BCUT2D eigenvalue weighted by Gasteiger charge is 2.30. The van der Waals surface area contributed by atoms with Crippen LogP contribution >= 0.6 is 0 Å². The first-order valence-corrected chi connectivity index (χ1v) is 5.11. The molecule has 0 spiro atoms. The van der Waals surface area contributed by atoms with Crippen LogP contribution in [-0.4, -0.2) is 16.4 Å². The van der Waals surface area contributed by atoms with E-state index in [9.17, 15) is 18.0 Å². The molecule has 0 fully saturated rings. The van der Waals surface area contributed by atoms with Crippen LogP contribution in [0.4, 0.5) is 13.2 Å². The zero-order valence-electron chi connectivity index (χ0n) is 9.39. The summed E-state index contributed by atoms with van der Waals surface area (Å²) in [5.74, 6) is 0.202. The van der Waals surface area contributed by atoms with Crippen molar-refractivity contribution >= 4 is 6.47 Å². The summed E-state index contributed by atoms with van der Waals surface area (Å²) in [7, 11) is 0. The minimum atomic E-state index is -4.39. The van der Waals surface area contributed by atoms with Gasteiger partial charge in [0.15, 0.2) is 5.82 Å². The lowest BCUT2D eigenvalue weighted by atomic mass is 10.1. The van der Waals surface area contributed by atoms with Crippen molar-refractivity contribution in [1.82, 2.24) is 9.97 Å². The number of nitrogens with zero attached hydrogens (tertiary/aromatic N) is 2. The Morgan fingerprint density at radius 3 is 2.37 bits per heavy atom. The number of halogens is 3. The average Bonchev–Trinajstić information content (AvgIpc) is 2.39. The molecule has 0 aliphatic heterocycles. The minimum absolute atomic E-state index is 0.0277. The van der Waals surface area contributed by atoms with E-state index in [1.54, 1.807) is 0 Å². The van der Waals surface area contributed by atoms with Crippen molar-refractivity contribution < 1.29 is 22.7 Å². The van der Waals surface area contributed by atoms with E-state index in [1.165, 1.54) is 24.4 Å². The Kier molecular flexibility index (Phi) is 3.46. The van der Waals surface area contributed by atoms with Crippen LogP contribution in [0.2, 0.25) is 0 Å². The topological polar surface area (TPSA) is 52.1 Å². The summed E-state index contributed by atoms with van der Waals surface area (Å²) in [5, 5.41) is 0. The molecule has 0 unspecified atom stereocenters. The molecular weight excluding hydrogens is 261 g/mol. The number of benzene rings is 1. The fraction of sp³-hybridized carbons (Fsp3) is 0.0833. The van der Waals surface area contributed by atoms with Gasteiger partial charge in [0, 0.05) is 17.8 Å².